The molecule has 1 atom stereocenters. The molecule has 1 aromatic heterocycles. The average Bonchev–Trinajstić information content (AvgIpc) is 2.64. The fraction of sp³-hybridized carbons (Fsp3) is 0.714. The second-order valence-electron chi connectivity index (χ2n) is 3.39. The topological polar surface area (TPSA) is 63.2 Å². The Bertz CT molecular complexity index is 475. The summed E-state index contributed by atoms with van der Waals surface area (Å²) in [6, 6.07) is 0. The van der Waals surface area contributed by atoms with Crippen LogP contribution in [-0.4, -0.2) is 48.3 Å². The van der Waals surface area contributed by atoms with Crippen molar-refractivity contribution in [3.05, 3.63) is 3.92 Å². The first kappa shape index (κ1) is 12.6. The molecular formula is C7H10BrN3O2S3. The van der Waals surface area contributed by atoms with Gasteiger partial charge in [0.15, 0.2) is 13.8 Å². The Labute approximate surface area is 111 Å². The molecule has 1 fully saturated rings. The third-order valence-electron chi connectivity index (χ3n) is 2.21. The van der Waals surface area contributed by atoms with Crippen LogP contribution in [0.4, 0.5) is 5.13 Å². The summed E-state index contributed by atoms with van der Waals surface area (Å²) in [6.45, 7) is 0.698. The van der Waals surface area contributed by atoms with Crippen molar-refractivity contribution in [2.75, 3.05) is 29.2 Å². The van der Waals surface area contributed by atoms with Crippen LogP contribution in [0.1, 0.15) is 0 Å². The molecule has 0 saturated carbocycles. The van der Waals surface area contributed by atoms with Gasteiger partial charge in [-0.1, -0.05) is 11.3 Å². The highest BCUT2D eigenvalue weighted by Gasteiger charge is 2.32. The summed E-state index contributed by atoms with van der Waals surface area (Å²) < 4.78 is 24.0. The van der Waals surface area contributed by atoms with Crippen LogP contribution in [0.3, 0.4) is 0 Å². The van der Waals surface area contributed by atoms with Gasteiger partial charge in [-0.2, -0.15) is 11.8 Å². The van der Waals surface area contributed by atoms with Crippen molar-refractivity contribution in [3.8, 4) is 0 Å². The van der Waals surface area contributed by atoms with Gasteiger partial charge in [0.1, 0.15) is 5.37 Å². The van der Waals surface area contributed by atoms with Crippen molar-refractivity contribution < 1.29 is 8.42 Å². The molecule has 5 nitrogen and oxygen atoms in total. The molecule has 1 aromatic rings. The lowest BCUT2D eigenvalue weighted by atomic mass is 10.5. The van der Waals surface area contributed by atoms with Crippen molar-refractivity contribution in [3.63, 3.8) is 0 Å². The van der Waals surface area contributed by atoms with Gasteiger partial charge in [-0.05, 0) is 15.9 Å². The van der Waals surface area contributed by atoms with Crippen LogP contribution in [0, 0.1) is 0 Å². The minimum absolute atomic E-state index is 0.480. The number of halogens is 1. The number of hydrogen-bond donors (Lipinski definition) is 0. The maximum Gasteiger partial charge on any atom is 0.210 e. The molecule has 1 aliphatic rings. The Kier molecular flexibility index (Phi) is 3.77. The summed E-state index contributed by atoms with van der Waals surface area (Å²) in [4.78, 5) is 1.83. The Morgan fingerprint density at radius 1 is 1.50 bits per heavy atom. The molecule has 1 saturated heterocycles. The van der Waals surface area contributed by atoms with Gasteiger partial charge in [-0.25, -0.2) is 8.42 Å². The van der Waals surface area contributed by atoms with Crippen molar-refractivity contribution in [1.82, 2.24) is 10.2 Å². The summed E-state index contributed by atoms with van der Waals surface area (Å²) in [7, 11) is -3.09. The molecule has 2 rings (SSSR count). The summed E-state index contributed by atoms with van der Waals surface area (Å²) in [5.74, 6) is 1.51. The molecule has 0 aliphatic carbocycles. The second kappa shape index (κ2) is 4.79. The van der Waals surface area contributed by atoms with E-state index in [2.05, 4.69) is 26.1 Å². The monoisotopic (exact) mass is 343 g/mol. The Morgan fingerprint density at radius 3 is 2.81 bits per heavy atom. The highest BCUT2D eigenvalue weighted by molar-refractivity contribution is 9.11. The van der Waals surface area contributed by atoms with E-state index >= 15 is 0 Å². The number of thioether (sulfide) groups is 1. The lowest BCUT2D eigenvalue weighted by Gasteiger charge is -2.33. The molecule has 9 heteroatoms. The molecule has 1 aliphatic heterocycles. The van der Waals surface area contributed by atoms with E-state index < -0.39 is 15.2 Å². The number of aromatic nitrogens is 2. The van der Waals surface area contributed by atoms with Gasteiger partial charge in [-0.3, -0.25) is 0 Å². The van der Waals surface area contributed by atoms with Gasteiger partial charge in [0.05, 0.1) is 0 Å². The Hall–Kier alpha value is 0.140. The van der Waals surface area contributed by atoms with E-state index in [4.69, 9.17) is 0 Å². The lowest BCUT2D eigenvalue weighted by Crippen LogP contribution is -2.47. The van der Waals surface area contributed by atoms with Gasteiger partial charge >= 0.3 is 0 Å². The van der Waals surface area contributed by atoms with Crippen LogP contribution < -0.4 is 4.90 Å². The molecule has 0 bridgehead atoms. The minimum Gasteiger partial charge on any atom is -0.328 e. The summed E-state index contributed by atoms with van der Waals surface area (Å²) in [5, 5.41) is 8.02. The average molecular weight is 344 g/mol. The molecule has 16 heavy (non-hydrogen) atoms. The zero-order valence-electron chi connectivity index (χ0n) is 8.46. The summed E-state index contributed by atoms with van der Waals surface area (Å²) >= 11 is 6.25. The van der Waals surface area contributed by atoms with Gasteiger partial charge in [-0.15, -0.1) is 10.2 Å². The largest absolute Gasteiger partial charge is 0.328 e. The number of hydrogen-bond acceptors (Lipinski definition) is 7. The summed E-state index contributed by atoms with van der Waals surface area (Å²) in [6.07, 6.45) is 1.27. The van der Waals surface area contributed by atoms with Gasteiger partial charge < -0.3 is 4.90 Å². The molecule has 0 spiro atoms. The molecule has 0 amide bonds. The van der Waals surface area contributed by atoms with E-state index in [-0.39, 0.29) is 0 Å². The lowest BCUT2D eigenvalue weighted by molar-refractivity contribution is 0.584. The molecule has 0 radical (unpaired) electrons. The van der Waals surface area contributed by atoms with Crippen LogP contribution in [-0.2, 0) is 9.84 Å². The molecule has 0 N–H and O–H groups in total. The van der Waals surface area contributed by atoms with Crippen LogP contribution in [0.5, 0.6) is 0 Å². The third kappa shape index (κ3) is 2.69. The summed E-state index contributed by atoms with van der Waals surface area (Å²) in [5.41, 5.74) is 0. The zero-order chi connectivity index (χ0) is 11.8. The van der Waals surface area contributed by atoms with E-state index in [1.54, 1.807) is 11.8 Å². The highest BCUT2D eigenvalue weighted by Crippen LogP contribution is 2.30. The molecule has 90 valence electrons. The number of anilines is 1. The molecule has 0 aromatic carbocycles. The molecular weight excluding hydrogens is 334 g/mol. The normalized spacial score (nSPS) is 22.4. The van der Waals surface area contributed by atoms with Crippen LogP contribution in [0.2, 0.25) is 0 Å². The fourth-order valence-corrected chi connectivity index (χ4v) is 5.52. The molecule has 1 unspecified atom stereocenters. The first-order chi connectivity index (χ1) is 7.48. The number of nitrogens with zero attached hydrogens (tertiary/aromatic N) is 3. The van der Waals surface area contributed by atoms with Crippen molar-refractivity contribution in [1.29, 1.82) is 0 Å². The van der Waals surface area contributed by atoms with E-state index in [9.17, 15) is 8.42 Å². The Morgan fingerprint density at radius 2 is 2.25 bits per heavy atom. The molecule has 2 heterocycles. The SMILES string of the molecule is CS(=O)(=O)C1CSCCN1c1nnc(Br)s1. The van der Waals surface area contributed by atoms with E-state index in [1.807, 2.05) is 4.90 Å². The number of rotatable bonds is 2. The second-order valence-corrected chi connectivity index (χ2v) is 8.98. The standard InChI is InChI=1S/C7H10BrN3O2S3/c1-16(12,13)5-4-14-3-2-11(5)7-10-9-6(8)15-7/h5H,2-4H2,1H3. The van der Waals surface area contributed by atoms with Crippen LogP contribution >= 0.6 is 39.0 Å². The van der Waals surface area contributed by atoms with Crippen LogP contribution in [0.15, 0.2) is 3.92 Å². The highest BCUT2D eigenvalue weighted by atomic mass is 79.9. The minimum atomic E-state index is -3.09. The van der Waals surface area contributed by atoms with Crippen molar-refractivity contribution in [2.24, 2.45) is 0 Å². The fourth-order valence-electron chi connectivity index (χ4n) is 1.47. The van der Waals surface area contributed by atoms with E-state index in [0.29, 0.717) is 21.3 Å². The first-order valence-corrected chi connectivity index (χ1v) is 9.22. The van der Waals surface area contributed by atoms with Gasteiger partial charge in [0.2, 0.25) is 5.13 Å². The predicted molar refractivity (Wildman–Crippen MR) is 70.9 cm³/mol. The van der Waals surface area contributed by atoms with Gasteiger partial charge in [0.25, 0.3) is 0 Å². The first-order valence-electron chi connectivity index (χ1n) is 4.51. The Balaban J connectivity index is 2.30. The van der Waals surface area contributed by atoms with Gasteiger partial charge in [0, 0.05) is 24.3 Å². The van der Waals surface area contributed by atoms with Crippen LogP contribution in [0.25, 0.3) is 0 Å². The van der Waals surface area contributed by atoms with Crippen molar-refractivity contribution in [2.45, 2.75) is 5.37 Å². The maximum atomic E-state index is 11.7. The predicted octanol–water partition coefficient (Wildman–Crippen LogP) is 1.22. The smallest absolute Gasteiger partial charge is 0.210 e. The van der Waals surface area contributed by atoms with Crippen molar-refractivity contribution >= 4 is 54.0 Å². The maximum absolute atomic E-state index is 11.7. The van der Waals surface area contributed by atoms with E-state index in [0.717, 1.165) is 5.75 Å². The zero-order valence-corrected chi connectivity index (χ0v) is 12.5. The van der Waals surface area contributed by atoms with E-state index in [1.165, 1.54) is 17.6 Å². The number of sulfone groups is 1. The third-order valence-corrected chi connectivity index (χ3v) is 6.25. The quantitative estimate of drug-likeness (QED) is 0.804.